The summed E-state index contributed by atoms with van der Waals surface area (Å²) in [5.74, 6) is 0.444. The summed E-state index contributed by atoms with van der Waals surface area (Å²) in [6, 6.07) is -0.0332. The SMILES string of the molecule is Cc1nn(CCN)c(C)c1S(=O)(=O)NC(C)C1CCCC1. The third-order valence-corrected chi connectivity index (χ3v) is 6.18. The largest absolute Gasteiger partial charge is 0.329 e. The van der Waals surface area contributed by atoms with Crippen LogP contribution in [-0.4, -0.2) is 30.8 Å². The van der Waals surface area contributed by atoms with Gasteiger partial charge in [-0.05, 0) is 39.5 Å². The van der Waals surface area contributed by atoms with E-state index < -0.39 is 10.0 Å². The van der Waals surface area contributed by atoms with Gasteiger partial charge < -0.3 is 5.73 Å². The number of aromatic nitrogens is 2. The second-order valence-corrected chi connectivity index (χ2v) is 7.62. The number of aryl methyl sites for hydroxylation is 1. The second kappa shape index (κ2) is 6.46. The number of rotatable bonds is 6. The first-order valence-electron chi connectivity index (χ1n) is 7.63. The van der Waals surface area contributed by atoms with E-state index in [1.165, 1.54) is 12.8 Å². The Morgan fingerprint density at radius 2 is 2.00 bits per heavy atom. The van der Waals surface area contributed by atoms with E-state index in [2.05, 4.69) is 9.82 Å². The highest BCUT2D eigenvalue weighted by Crippen LogP contribution is 2.29. The van der Waals surface area contributed by atoms with Gasteiger partial charge >= 0.3 is 0 Å². The molecule has 0 radical (unpaired) electrons. The highest BCUT2D eigenvalue weighted by Gasteiger charge is 2.29. The van der Waals surface area contributed by atoms with E-state index in [1.807, 2.05) is 6.92 Å². The maximum Gasteiger partial charge on any atom is 0.244 e. The van der Waals surface area contributed by atoms with Gasteiger partial charge in [-0.25, -0.2) is 13.1 Å². The second-order valence-electron chi connectivity index (χ2n) is 5.97. The number of hydrogen-bond donors (Lipinski definition) is 2. The molecule has 0 aromatic carbocycles. The third kappa shape index (κ3) is 3.46. The van der Waals surface area contributed by atoms with Crippen molar-refractivity contribution in [1.29, 1.82) is 0 Å². The Kier molecular flexibility index (Phi) is 5.06. The molecule has 1 heterocycles. The Morgan fingerprint density at radius 1 is 1.38 bits per heavy atom. The molecule has 21 heavy (non-hydrogen) atoms. The molecule has 7 heteroatoms. The van der Waals surface area contributed by atoms with Crippen LogP contribution in [-0.2, 0) is 16.6 Å². The molecule has 2 rings (SSSR count). The Bertz CT molecular complexity index is 588. The van der Waals surface area contributed by atoms with Crippen LogP contribution in [0.15, 0.2) is 4.90 Å². The Morgan fingerprint density at radius 3 is 2.57 bits per heavy atom. The van der Waals surface area contributed by atoms with Gasteiger partial charge in [0.15, 0.2) is 0 Å². The highest BCUT2D eigenvalue weighted by molar-refractivity contribution is 7.89. The summed E-state index contributed by atoms with van der Waals surface area (Å²) < 4.78 is 29.8. The standard InChI is InChI=1S/C14H26N4O2S/c1-10(13-6-4-5-7-13)17-21(19,20)14-11(2)16-18(9-8-15)12(14)3/h10,13,17H,4-9,15H2,1-3H3. The molecule has 1 saturated carbocycles. The quantitative estimate of drug-likeness (QED) is 0.828. The normalized spacial score (nSPS) is 18.3. The fourth-order valence-electron chi connectivity index (χ4n) is 3.27. The van der Waals surface area contributed by atoms with Crippen LogP contribution in [0.1, 0.15) is 44.0 Å². The molecule has 0 spiro atoms. The maximum atomic E-state index is 12.7. The van der Waals surface area contributed by atoms with Crippen LogP contribution in [0.5, 0.6) is 0 Å². The highest BCUT2D eigenvalue weighted by atomic mass is 32.2. The summed E-state index contributed by atoms with van der Waals surface area (Å²) in [5.41, 5.74) is 6.73. The molecule has 0 saturated heterocycles. The first-order chi connectivity index (χ1) is 9.86. The minimum atomic E-state index is -3.53. The zero-order chi connectivity index (χ0) is 15.6. The predicted molar refractivity (Wildman–Crippen MR) is 82.5 cm³/mol. The molecule has 6 nitrogen and oxygen atoms in total. The summed E-state index contributed by atoms with van der Waals surface area (Å²) >= 11 is 0. The van der Waals surface area contributed by atoms with Crippen LogP contribution >= 0.6 is 0 Å². The average molecular weight is 314 g/mol. The molecule has 1 aliphatic rings. The fourth-order valence-corrected chi connectivity index (χ4v) is 4.99. The van der Waals surface area contributed by atoms with Gasteiger partial charge in [-0.1, -0.05) is 12.8 Å². The van der Waals surface area contributed by atoms with Crippen LogP contribution in [0.4, 0.5) is 0 Å². The molecular weight excluding hydrogens is 288 g/mol. The van der Waals surface area contributed by atoms with Gasteiger partial charge in [0.2, 0.25) is 10.0 Å². The van der Waals surface area contributed by atoms with Crippen molar-refractivity contribution in [3.05, 3.63) is 11.4 Å². The molecule has 0 bridgehead atoms. The third-order valence-electron chi connectivity index (χ3n) is 4.37. The van der Waals surface area contributed by atoms with Crippen LogP contribution in [0.3, 0.4) is 0 Å². The van der Waals surface area contributed by atoms with Gasteiger partial charge in [0.1, 0.15) is 4.90 Å². The first-order valence-corrected chi connectivity index (χ1v) is 9.11. The van der Waals surface area contributed by atoms with Gasteiger partial charge in [0, 0.05) is 12.6 Å². The van der Waals surface area contributed by atoms with E-state index in [1.54, 1.807) is 18.5 Å². The lowest BCUT2D eigenvalue weighted by Gasteiger charge is -2.20. The zero-order valence-corrected chi connectivity index (χ0v) is 13.9. The minimum Gasteiger partial charge on any atom is -0.329 e. The van der Waals surface area contributed by atoms with Gasteiger partial charge in [-0.15, -0.1) is 0 Å². The molecule has 1 unspecified atom stereocenters. The topological polar surface area (TPSA) is 90.0 Å². The molecule has 1 aliphatic carbocycles. The van der Waals surface area contributed by atoms with Crippen LogP contribution < -0.4 is 10.5 Å². The van der Waals surface area contributed by atoms with Crippen LogP contribution in [0.2, 0.25) is 0 Å². The first kappa shape index (κ1) is 16.5. The number of hydrogen-bond acceptors (Lipinski definition) is 4. The van der Waals surface area contributed by atoms with Gasteiger partial charge in [0.25, 0.3) is 0 Å². The Labute approximate surface area is 127 Å². The van der Waals surface area contributed by atoms with Gasteiger partial charge in [-0.2, -0.15) is 5.10 Å². The van der Waals surface area contributed by atoms with Crippen molar-refractivity contribution < 1.29 is 8.42 Å². The molecule has 1 fully saturated rings. The van der Waals surface area contributed by atoms with Crippen LogP contribution in [0.25, 0.3) is 0 Å². The van der Waals surface area contributed by atoms with E-state index >= 15 is 0 Å². The van der Waals surface area contributed by atoms with Crippen molar-refractivity contribution in [2.45, 2.75) is 63.9 Å². The van der Waals surface area contributed by atoms with Crippen molar-refractivity contribution in [2.75, 3.05) is 6.54 Å². The van der Waals surface area contributed by atoms with Crippen molar-refractivity contribution in [3.8, 4) is 0 Å². The smallest absolute Gasteiger partial charge is 0.244 e. The maximum absolute atomic E-state index is 12.7. The fraction of sp³-hybridized carbons (Fsp3) is 0.786. The molecule has 0 aliphatic heterocycles. The van der Waals surface area contributed by atoms with E-state index in [9.17, 15) is 8.42 Å². The molecular formula is C14H26N4O2S. The minimum absolute atomic E-state index is 0.0332. The number of sulfonamides is 1. The molecule has 120 valence electrons. The summed E-state index contributed by atoms with van der Waals surface area (Å²) in [7, 11) is -3.53. The Hall–Kier alpha value is -0.920. The average Bonchev–Trinajstić information content (AvgIpc) is 2.98. The predicted octanol–water partition coefficient (Wildman–Crippen LogP) is 1.32. The monoisotopic (exact) mass is 314 g/mol. The van der Waals surface area contributed by atoms with Gasteiger partial charge in [0.05, 0.1) is 17.9 Å². The van der Waals surface area contributed by atoms with Crippen molar-refractivity contribution in [2.24, 2.45) is 11.7 Å². The van der Waals surface area contributed by atoms with E-state index in [4.69, 9.17) is 5.73 Å². The summed E-state index contributed by atoms with van der Waals surface area (Å²) in [4.78, 5) is 0.306. The molecule has 0 amide bonds. The zero-order valence-electron chi connectivity index (χ0n) is 13.1. The Balaban J connectivity index is 2.22. The van der Waals surface area contributed by atoms with Crippen molar-refractivity contribution in [3.63, 3.8) is 0 Å². The van der Waals surface area contributed by atoms with Gasteiger partial charge in [-0.3, -0.25) is 4.68 Å². The molecule has 3 N–H and O–H groups in total. The lowest BCUT2D eigenvalue weighted by Crippen LogP contribution is -2.37. The molecule has 1 aromatic heterocycles. The van der Waals surface area contributed by atoms with Crippen molar-refractivity contribution >= 4 is 10.0 Å². The summed E-state index contributed by atoms with van der Waals surface area (Å²) in [6.45, 7) is 6.44. The lowest BCUT2D eigenvalue weighted by atomic mass is 10.0. The number of nitrogens with one attached hydrogen (secondary N) is 1. The van der Waals surface area contributed by atoms with Crippen LogP contribution in [0, 0.1) is 19.8 Å². The molecule has 1 atom stereocenters. The summed E-state index contributed by atoms with van der Waals surface area (Å²) in [6.07, 6.45) is 4.61. The van der Waals surface area contributed by atoms with E-state index in [0.29, 0.717) is 35.3 Å². The summed E-state index contributed by atoms with van der Waals surface area (Å²) in [5, 5.41) is 4.29. The number of nitrogens with two attached hydrogens (primary N) is 1. The lowest BCUT2D eigenvalue weighted by molar-refractivity contribution is 0.423. The van der Waals surface area contributed by atoms with E-state index in [0.717, 1.165) is 12.8 Å². The van der Waals surface area contributed by atoms with Crippen molar-refractivity contribution in [1.82, 2.24) is 14.5 Å². The molecule has 1 aromatic rings. The number of nitrogens with zero attached hydrogens (tertiary/aromatic N) is 2. The van der Waals surface area contributed by atoms with E-state index in [-0.39, 0.29) is 6.04 Å².